The van der Waals surface area contributed by atoms with E-state index in [0.717, 1.165) is 37.5 Å². The molecule has 3 rings (SSSR count). The van der Waals surface area contributed by atoms with Crippen molar-refractivity contribution in [3.05, 3.63) is 35.9 Å². The first-order chi connectivity index (χ1) is 10.3. The highest BCUT2D eigenvalue weighted by Gasteiger charge is 2.37. The number of hydroxylamine groups is 2. The second kappa shape index (κ2) is 6.32. The van der Waals surface area contributed by atoms with Crippen molar-refractivity contribution < 1.29 is 9.63 Å². The molecule has 0 N–H and O–H groups in total. The van der Waals surface area contributed by atoms with Gasteiger partial charge in [-0.15, -0.1) is 0 Å². The molecule has 2 fully saturated rings. The summed E-state index contributed by atoms with van der Waals surface area (Å²) in [6.45, 7) is 0.720. The summed E-state index contributed by atoms with van der Waals surface area (Å²) in [7, 11) is 0. The molecule has 108 valence electrons. The molecule has 0 radical (unpaired) electrons. The van der Waals surface area contributed by atoms with E-state index in [2.05, 4.69) is 5.97 Å². The summed E-state index contributed by atoms with van der Waals surface area (Å²) in [6.07, 6.45) is 4.12. The predicted molar refractivity (Wildman–Crippen MR) is 80.3 cm³/mol. The Morgan fingerprint density at radius 2 is 1.95 bits per heavy atom. The highest BCUT2D eigenvalue weighted by atomic mass is 16.7. The number of carbonyl (C=O) groups excluding carboxylic acids is 1. The normalized spacial score (nSPS) is 23.1. The van der Waals surface area contributed by atoms with E-state index in [1.165, 1.54) is 0 Å². The molecule has 1 atom stereocenters. The lowest BCUT2D eigenvalue weighted by Crippen LogP contribution is -2.37. The van der Waals surface area contributed by atoms with Gasteiger partial charge in [0.25, 0.3) is 6.71 Å². The van der Waals surface area contributed by atoms with Crippen LogP contribution in [0.5, 0.6) is 0 Å². The highest BCUT2D eigenvalue weighted by molar-refractivity contribution is 6.67. The molecule has 1 aromatic carbocycles. The average molecular weight is 282 g/mol. The predicted octanol–water partition coefficient (Wildman–Crippen LogP) is 2.86. The molecule has 2 aliphatic rings. The molecule has 0 aromatic heterocycles. The van der Waals surface area contributed by atoms with Gasteiger partial charge in [0.2, 0.25) is 5.91 Å². The largest absolute Gasteiger partial charge is 0.272 e. The molecule has 0 bridgehead atoms. The minimum Gasteiger partial charge on any atom is -0.272 e. The number of hydrogen-bond donors (Lipinski definition) is 0. The lowest BCUT2D eigenvalue weighted by Gasteiger charge is -2.29. The molecule has 2 aliphatic heterocycles. The molecule has 2 saturated heterocycles. The Labute approximate surface area is 125 Å². The fourth-order valence-corrected chi connectivity index (χ4v) is 3.31. The topological polar surface area (TPSA) is 53.3 Å². The monoisotopic (exact) mass is 282 g/mol. The zero-order valence-corrected chi connectivity index (χ0v) is 12.1. The van der Waals surface area contributed by atoms with Crippen LogP contribution in [0.2, 0.25) is 12.6 Å². The van der Waals surface area contributed by atoms with Crippen molar-refractivity contribution in [3.63, 3.8) is 0 Å². The Hall–Kier alpha value is -1.80. The van der Waals surface area contributed by atoms with Crippen molar-refractivity contribution in [1.29, 1.82) is 5.26 Å². The van der Waals surface area contributed by atoms with E-state index in [1.807, 2.05) is 30.3 Å². The van der Waals surface area contributed by atoms with Crippen molar-refractivity contribution in [2.24, 2.45) is 5.92 Å². The SMILES string of the molecule is N#CB1CCC(C(=O)N2OCC[C@H]2c2ccccc2)CC1. The van der Waals surface area contributed by atoms with Gasteiger partial charge >= 0.3 is 0 Å². The number of benzene rings is 1. The van der Waals surface area contributed by atoms with E-state index in [-0.39, 0.29) is 24.6 Å². The van der Waals surface area contributed by atoms with E-state index in [4.69, 9.17) is 10.1 Å². The minimum atomic E-state index is 0.0129. The summed E-state index contributed by atoms with van der Waals surface area (Å²) in [5.41, 5.74) is 1.13. The standard InChI is InChI=1S/C16H19BN2O2/c18-12-17-9-6-14(7-10-17)16(20)19-15(8-11-21-19)13-4-2-1-3-5-13/h1-5,14-15H,6-11H2/t15-/m0/s1. The Balaban J connectivity index is 1.68. The molecule has 1 aromatic rings. The van der Waals surface area contributed by atoms with Crippen LogP contribution in [0.4, 0.5) is 0 Å². The molecule has 0 saturated carbocycles. The molecule has 2 heterocycles. The minimum absolute atomic E-state index is 0.0129. The summed E-state index contributed by atoms with van der Waals surface area (Å²) in [4.78, 5) is 18.3. The van der Waals surface area contributed by atoms with Crippen molar-refractivity contribution in [2.45, 2.75) is 37.9 Å². The van der Waals surface area contributed by atoms with Crippen molar-refractivity contribution in [2.75, 3.05) is 6.61 Å². The first-order valence-corrected chi connectivity index (χ1v) is 7.70. The molecule has 0 spiro atoms. The average Bonchev–Trinajstić information content (AvgIpc) is 3.04. The van der Waals surface area contributed by atoms with Crippen LogP contribution in [0, 0.1) is 17.1 Å². The van der Waals surface area contributed by atoms with Crippen molar-refractivity contribution in [1.82, 2.24) is 5.06 Å². The zero-order chi connectivity index (χ0) is 14.7. The maximum atomic E-state index is 12.7. The zero-order valence-electron chi connectivity index (χ0n) is 12.1. The number of hydrogen-bond acceptors (Lipinski definition) is 3. The fraction of sp³-hybridized carbons (Fsp3) is 0.500. The quantitative estimate of drug-likeness (QED) is 0.784. The molecular weight excluding hydrogens is 263 g/mol. The van der Waals surface area contributed by atoms with E-state index < -0.39 is 0 Å². The molecule has 21 heavy (non-hydrogen) atoms. The Bertz CT molecular complexity index is 535. The van der Waals surface area contributed by atoms with Gasteiger partial charge in [0, 0.05) is 18.3 Å². The first-order valence-electron chi connectivity index (χ1n) is 7.70. The second-order valence-electron chi connectivity index (χ2n) is 5.89. The highest BCUT2D eigenvalue weighted by Crippen LogP contribution is 2.34. The van der Waals surface area contributed by atoms with Gasteiger partial charge in [0.05, 0.1) is 12.6 Å². The van der Waals surface area contributed by atoms with Crippen molar-refractivity contribution >= 4 is 12.6 Å². The summed E-state index contributed by atoms with van der Waals surface area (Å²) < 4.78 is 0. The molecular formula is C16H19BN2O2. The third-order valence-electron chi connectivity index (χ3n) is 4.57. The molecule has 1 amide bonds. The molecule has 0 unspecified atom stereocenters. The summed E-state index contributed by atoms with van der Waals surface area (Å²) >= 11 is 0. The van der Waals surface area contributed by atoms with E-state index >= 15 is 0 Å². The third-order valence-corrected chi connectivity index (χ3v) is 4.57. The Morgan fingerprint density at radius 3 is 2.62 bits per heavy atom. The number of nitrogens with zero attached hydrogens (tertiary/aromatic N) is 2. The number of carbonyl (C=O) groups is 1. The van der Waals surface area contributed by atoms with Crippen LogP contribution in [0.1, 0.15) is 30.9 Å². The maximum absolute atomic E-state index is 12.7. The van der Waals surface area contributed by atoms with Gasteiger partial charge in [-0.2, -0.15) is 0 Å². The Morgan fingerprint density at radius 1 is 1.24 bits per heavy atom. The van der Waals surface area contributed by atoms with E-state index in [0.29, 0.717) is 6.61 Å². The summed E-state index contributed by atoms with van der Waals surface area (Å²) in [5, 5.41) is 10.5. The van der Waals surface area contributed by atoms with Gasteiger partial charge in [-0.25, -0.2) is 10.3 Å². The van der Waals surface area contributed by atoms with Gasteiger partial charge < -0.3 is 0 Å². The van der Waals surface area contributed by atoms with Crippen molar-refractivity contribution in [3.8, 4) is 5.97 Å². The van der Waals surface area contributed by atoms with Gasteiger partial charge in [0.1, 0.15) is 0 Å². The van der Waals surface area contributed by atoms with Gasteiger partial charge in [-0.1, -0.05) is 43.0 Å². The fourth-order valence-electron chi connectivity index (χ4n) is 3.31. The number of amides is 1. The Kier molecular flexibility index (Phi) is 4.26. The number of nitriles is 1. The molecule has 0 aliphatic carbocycles. The van der Waals surface area contributed by atoms with E-state index in [9.17, 15) is 4.79 Å². The molecule has 5 heteroatoms. The lowest BCUT2D eigenvalue weighted by molar-refractivity contribution is -0.182. The van der Waals surface area contributed by atoms with Gasteiger partial charge in [-0.05, 0) is 18.4 Å². The molecule has 4 nitrogen and oxygen atoms in total. The van der Waals surface area contributed by atoms with Crippen LogP contribution >= 0.6 is 0 Å². The van der Waals surface area contributed by atoms with E-state index in [1.54, 1.807) is 5.06 Å². The van der Waals surface area contributed by atoms with Crippen LogP contribution < -0.4 is 0 Å². The van der Waals surface area contributed by atoms with Crippen LogP contribution in [-0.4, -0.2) is 24.3 Å². The second-order valence-corrected chi connectivity index (χ2v) is 5.89. The van der Waals surface area contributed by atoms with Crippen LogP contribution in [0.15, 0.2) is 30.3 Å². The van der Waals surface area contributed by atoms with Crippen LogP contribution in [0.25, 0.3) is 0 Å². The summed E-state index contributed by atoms with van der Waals surface area (Å²) in [6, 6.07) is 10.1. The lowest BCUT2D eigenvalue weighted by atomic mass is 9.42. The maximum Gasteiger partial charge on any atom is 0.267 e. The first kappa shape index (κ1) is 14.2. The van der Waals surface area contributed by atoms with Crippen LogP contribution in [-0.2, 0) is 9.63 Å². The summed E-state index contributed by atoms with van der Waals surface area (Å²) in [5.74, 6) is 2.42. The third kappa shape index (κ3) is 2.96. The van der Waals surface area contributed by atoms with Crippen LogP contribution in [0.3, 0.4) is 0 Å². The van der Waals surface area contributed by atoms with Gasteiger partial charge in [-0.3, -0.25) is 9.63 Å². The smallest absolute Gasteiger partial charge is 0.267 e. The number of rotatable bonds is 2. The van der Waals surface area contributed by atoms with Gasteiger partial charge in [0.15, 0.2) is 0 Å².